The molecule has 0 atom stereocenters. The first kappa shape index (κ1) is 20.8. The Morgan fingerprint density at radius 2 is 1.83 bits per heavy atom. The number of anilines is 1. The van der Waals surface area contributed by atoms with Crippen molar-refractivity contribution in [2.75, 3.05) is 37.7 Å². The Hall–Kier alpha value is -2.94. The van der Waals surface area contributed by atoms with Crippen molar-refractivity contribution in [2.24, 2.45) is 0 Å². The Morgan fingerprint density at radius 3 is 2.45 bits per heavy atom. The molecule has 2 aromatic carbocycles. The summed E-state index contributed by atoms with van der Waals surface area (Å²) in [6.07, 6.45) is 0. The van der Waals surface area contributed by atoms with Crippen LogP contribution in [0.15, 0.2) is 46.9 Å². The number of ether oxygens (including phenoxy) is 1. The fourth-order valence-corrected chi connectivity index (χ4v) is 3.63. The number of amides is 1. The van der Waals surface area contributed by atoms with Gasteiger partial charge in [0.15, 0.2) is 0 Å². The van der Waals surface area contributed by atoms with Gasteiger partial charge in [-0.05, 0) is 37.3 Å². The molecule has 29 heavy (non-hydrogen) atoms. The van der Waals surface area contributed by atoms with Crippen molar-refractivity contribution in [3.05, 3.63) is 68.2 Å². The molecule has 8 nitrogen and oxygen atoms in total. The van der Waals surface area contributed by atoms with Crippen LogP contribution in [0, 0.1) is 10.1 Å². The standard InChI is InChI=1S/C20H20BrN3O5/c1-2-29-20(26)15-6-7-17(18(13-15)24(27)28)22-8-10-23(11-9-22)19(25)14-4-3-5-16(21)12-14/h3-7,12-13H,2,8-11H2,1H3. The Morgan fingerprint density at radius 1 is 1.10 bits per heavy atom. The maximum absolute atomic E-state index is 12.7. The Labute approximate surface area is 176 Å². The molecule has 1 heterocycles. The minimum atomic E-state index is -0.591. The molecule has 1 fully saturated rings. The smallest absolute Gasteiger partial charge is 0.338 e. The van der Waals surface area contributed by atoms with Crippen LogP contribution >= 0.6 is 15.9 Å². The van der Waals surface area contributed by atoms with Crippen LogP contribution in [0.1, 0.15) is 27.6 Å². The maximum atomic E-state index is 12.7. The van der Waals surface area contributed by atoms with Gasteiger partial charge in [-0.2, -0.15) is 0 Å². The van der Waals surface area contributed by atoms with Gasteiger partial charge >= 0.3 is 5.97 Å². The molecule has 0 aliphatic carbocycles. The van der Waals surface area contributed by atoms with E-state index in [-0.39, 0.29) is 23.8 Å². The number of carbonyl (C=O) groups is 2. The lowest BCUT2D eigenvalue weighted by molar-refractivity contribution is -0.384. The van der Waals surface area contributed by atoms with Crippen LogP contribution in [0.2, 0.25) is 0 Å². The zero-order valence-electron chi connectivity index (χ0n) is 15.8. The molecule has 1 saturated heterocycles. The SMILES string of the molecule is CCOC(=O)c1ccc(N2CCN(C(=O)c3cccc(Br)c3)CC2)c([N+](=O)[O-])c1. The zero-order chi connectivity index (χ0) is 21.0. The van der Waals surface area contributed by atoms with Gasteiger partial charge in [0, 0.05) is 42.3 Å². The fourth-order valence-electron chi connectivity index (χ4n) is 3.23. The van der Waals surface area contributed by atoms with Crippen molar-refractivity contribution >= 4 is 39.2 Å². The van der Waals surface area contributed by atoms with E-state index >= 15 is 0 Å². The van der Waals surface area contributed by atoms with Crippen LogP contribution in [-0.2, 0) is 4.74 Å². The number of hydrogen-bond acceptors (Lipinski definition) is 6. The van der Waals surface area contributed by atoms with E-state index in [1.165, 1.54) is 12.1 Å². The maximum Gasteiger partial charge on any atom is 0.338 e. The van der Waals surface area contributed by atoms with Crippen molar-refractivity contribution in [1.29, 1.82) is 0 Å². The number of benzene rings is 2. The Kier molecular flexibility index (Phi) is 6.48. The lowest BCUT2D eigenvalue weighted by Gasteiger charge is -2.36. The average Bonchev–Trinajstić information content (AvgIpc) is 2.73. The molecule has 1 amide bonds. The van der Waals surface area contributed by atoms with Crippen LogP contribution in [0.4, 0.5) is 11.4 Å². The Bertz CT molecular complexity index is 941. The van der Waals surface area contributed by atoms with Crippen molar-refractivity contribution in [2.45, 2.75) is 6.92 Å². The molecule has 0 spiro atoms. The summed E-state index contributed by atoms with van der Waals surface area (Å²) in [7, 11) is 0. The van der Waals surface area contributed by atoms with E-state index in [1.807, 2.05) is 17.0 Å². The Balaban J connectivity index is 1.74. The van der Waals surface area contributed by atoms with Crippen LogP contribution in [0.25, 0.3) is 0 Å². The summed E-state index contributed by atoms with van der Waals surface area (Å²) >= 11 is 3.37. The summed E-state index contributed by atoms with van der Waals surface area (Å²) in [6.45, 7) is 3.68. The summed E-state index contributed by atoms with van der Waals surface area (Å²) in [5, 5.41) is 11.5. The molecule has 0 unspecified atom stereocenters. The molecule has 2 aromatic rings. The van der Waals surface area contributed by atoms with Gasteiger partial charge < -0.3 is 14.5 Å². The molecule has 1 aliphatic heterocycles. The van der Waals surface area contributed by atoms with Gasteiger partial charge in [-0.15, -0.1) is 0 Å². The summed E-state index contributed by atoms with van der Waals surface area (Å²) in [5.74, 6) is -0.662. The number of hydrogen-bond donors (Lipinski definition) is 0. The molecule has 0 saturated carbocycles. The molecule has 3 rings (SSSR count). The highest BCUT2D eigenvalue weighted by Gasteiger charge is 2.27. The van der Waals surface area contributed by atoms with Gasteiger partial charge in [0.1, 0.15) is 5.69 Å². The average molecular weight is 462 g/mol. The highest BCUT2D eigenvalue weighted by atomic mass is 79.9. The topological polar surface area (TPSA) is 93.0 Å². The number of carbonyl (C=O) groups excluding carboxylic acids is 2. The number of nitro benzene ring substituents is 1. The third-order valence-corrected chi connectivity index (χ3v) is 5.16. The normalized spacial score (nSPS) is 13.9. The number of nitro groups is 1. The number of piperazine rings is 1. The molecule has 0 aromatic heterocycles. The summed E-state index contributed by atoms with van der Waals surface area (Å²) < 4.78 is 5.75. The van der Waals surface area contributed by atoms with Crippen LogP contribution in [0.5, 0.6) is 0 Å². The lowest BCUT2D eigenvalue weighted by atomic mass is 10.1. The second-order valence-electron chi connectivity index (χ2n) is 6.47. The molecule has 152 valence electrons. The molecule has 0 radical (unpaired) electrons. The monoisotopic (exact) mass is 461 g/mol. The third-order valence-electron chi connectivity index (χ3n) is 4.66. The van der Waals surface area contributed by atoms with E-state index in [0.717, 1.165) is 4.47 Å². The van der Waals surface area contributed by atoms with Crippen LogP contribution in [0.3, 0.4) is 0 Å². The van der Waals surface area contributed by atoms with Crippen LogP contribution in [-0.4, -0.2) is 54.5 Å². The second-order valence-corrected chi connectivity index (χ2v) is 7.39. The highest BCUT2D eigenvalue weighted by molar-refractivity contribution is 9.10. The lowest BCUT2D eigenvalue weighted by Crippen LogP contribution is -2.49. The largest absolute Gasteiger partial charge is 0.462 e. The van der Waals surface area contributed by atoms with E-state index < -0.39 is 10.9 Å². The number of esters is 1. The van der Waals surface area contributed by atoms with Gasteiger partial charge in [-0.1, -0.05) is 22.0 Å². The van der Waals surface area contributed by atoms with Gasteiger partial charge in [0.25, 0.3) is 11.6 Å². The number of nitrogens with zero attached hydrogens (tertiary/aromatic N) is 3. The van der Waals surface area contributed by atoms with E-state index in [1.54, 1.807) is 30.0 Å². The van der Waals surface area contributed by atoms with Gasteiger partial charge in [0.05, 0.1) is 17.1 Å². The summed E-state index contributed by atoms with van der Waals surface area (Å²) in [4.78, 5) is 39.2. The van der Waals surface area contributed by atoms with Crippen molar-refractivity contribution in [3.8, 4) is 0 Å². The first-order chi connectivity index (χ1) is 13.9. The van der Waals surface area contributed by atoms with Gasteiger partial charge in [-0.25, -0.2) is 4.79 Å². The van der Waals surface area contributed by atoms with Gasteiger partial charge in [0.2, 0.25) is 0 Å². The minimum absolute atomic E-state index is 0.0712. The molecule has 0 N–H and O–H groups in total. The number of rotatable bonds is 5. The molecular formula is C20H20BrN3O5. The van der Waals surface area contributed by atoms with Gasteiger partial charge in [-0.3, -0.25) is 14.9 Å². The van der Waals surface area contributed by atoms with E-state index in [4.69, 9.17) is 4.74 Å². The third kappa shape index (κ3) is 4.73. The van der Waals surface area contributed by atoms with Crippen molar-refractivity contribution < 1.29 is 19.2 Å². The van der Waals surface area contributed by atoms with Crippen molar-refractivity contribution in [3.63, 3.8) is 0 Å². The molecular weight excluding hydrogens is 442 g/mol. The van der Waals surface area contributed by atoms with Crippen molar-refractivity contribution in [1.82, 2.24) is 4.90 Å². The second kappa shape index (κ2) is 9.04. The summed E-state index contributed by atoms with van der Waals surface area (Å²) in [5.41, 5.74) is 1.02. The van der Waals surface area contributed by atoms with E-state index in [0.29, 0.717) is 37.4 Å². The molecule has 1 aliphatic rings. The minimum Gasteiger partial charge on any atom is -0.462 e. The quantitative estimate of drug-likeness (QED) is 0.384. The fraction of sp³-hybridized carbons (Fsp3) is 0.300. The zero-order valence-corrected chi connectivity index (χ0v) is 17.4. The first-order valence-electron chi connectivity index (χ1n) is 9.16. The number of halogens is 1. The van der Waals surface area contributed by atoms with E-state index in [9.17, 15) is 19.7 Å². The predicted octanol–water partition coefficient (Wildman–Crippen LogP) is 3.50. The highest BCUT2D eigenvalue weighted by Crippen LogP contribution is 2.30. The van der Waals surface area contributed by atoms with Crippen LogP contribution < -0.4 is 4.90 Å². The summed E-state index contributed by atoms with van der Waals surface area (Å²) in [6, 6.07) is 11.5. The molecule has 0 bridgehead atoms. The first-order valence-corrected chi connectivity index (χ1v) is 9.95. The molecule has 9 heteroatoms. The van der Waals surface area contributed by atoms with E-state index in [2.05, 4.69) is 15.9 Å². The predicted molar refractivity (Wildman–Crippen MR) is 111 cm³/mol.